The molecule has 1 aliphatic rings. The molecule has 31 heavy (non-hydrogen) atoms. The average molecular weight is 447 g/mol. The molecule has 0 spiro atoms. The maximum absolute atomic E-state index is 14.7. The number of hydrogen-bond acceptors (Lipinski definition) is 4. The Balaban J connectivity index is 2.25. The van der Waals surface area contributed by atoms with Gasteiger partial charge < -0.3 is 4.74 Å². The summed E-state index contributed by atoms with van der Waals surface area (Å²) in [5.74, 6) is -1.12. The van der Waals surface area contributed by atoms with Gasteiger partial charge in [0.05, 0.1) is 6.61 Å². The molecule has 0 fully saturated rings. The van der Waals surface area contributed by atoms with E-state index in [4.69, 9.17) is 4.74 Å². The van der Waals surface area contributed by atoms with E-state index < -0.39 is 22.6 Å². The van der Waals surface area contributed by atoms with E-state index in [2.05, 4.69) is 18.9 Å². The van der Waals surface area contributed by atoms with E-state index in [-0.39, 0.29) is 23.1 Å². The predicted octanol–water partition coefficient (Wildman–Crippen LogP) is 6.82. The third-order valence-electron chi connectivity index (χ3n) is 5.57. The van der Waals surface area contributed by atoms with Gasteiger partial charge in [0.2, 0.25) is 0 Å². The van der Waals surface area contributed by atoms with Gasteiger partial charge in [-0.1, -0.05) is 56.3 Å². The number of thioether (sulfide) groups is 1. The van der Waals surface area contributed by atoms with Crippen molar-refractivity contribution >= 4 is 22.9 Å². The first kappa shape index (κ1) is 23.3. The second-order valence-electron chi connectivity index (χ2n) is 7.55. The molecule has 0 saturated carbocycles. The zero-order valence-corrected chi connectivity index (χ0v) is 19.1. The molecule has 7 heteroatoms. The summed E-state index contributed by atoms with van der Waals surface area (Å²) < 4.78 is 34.0. The molecule has 2 aromatic rings. The topological polar surface area (TPSA) is 41.9 Å². The van der Waals surface area contributed by atoms with Crippen molar-refractivity contribution < 1.29 is 18.3 Å². The second kappa shape index (κ2) is 9.81. The number of hydrogen-bond donors (Lipinski definition) is 0. The average Bonchev–Trinajstić information content (AvgIpc) is 3.15. The van der Waals surface area contributed by atoms with Crippen LogP contribution in [0, 0.1) is 24.5 Å². The summed E-state index contributed by atoms with van der Waals surface area (Å²) >= 11 is 1.30. The van der Waals surface area contributed by atoms with Crippen molar-refractivity contribution in [2.45, 2.75) is 51.8 Å². The quantitative estimate of drug-likeness (QED) is 0.469. The van der Waals surface area contributed by atoms with Crippen LogP contribution in [-0.4, -0.2) is 22.8 Å². The fourth-order valence-electron chi connectivity index (χ4n) is 4.15. The van der Waals surface area contributed by atoms with Crippen molar-refractivity contribution in [1.29, 1.82) is 0 Å². The lowest BCUT2D eigenvalue weighted by Gasteiger charge is -2.42. The number of aryl methyl sites for hydroxylation is 1. The number of amides is 1. The number of rotatable bonds is 7. The lowest BCUT2D eigenvalue weighted by molar-refractivity contribution is 0.0629. The maximum Gasteiger partial charge on any atom is 0.432 e. The molecule has 0 N–H and O–H groups in total. The van der Waals surface area contributed by atoms with Crippen LogP contribution >= 0.6 is 11.8 Å². The maximum atomic E-state index is 14.7. The van der Waals surface area contributed by atoms with Gasteiger partial charge in [-0.25, -0.2) is 13.6 Å². The van der Waals surface area contributed by atoms with Crippen LogP contribution in [0.3, 0.4) is 0 Å². The van der Waals surface area contributed by atoms with Gasteiger partial charge in [0.15, 0.2) is 0 Å². The SMILES string of the molecule is CCC[C@@H](CC)C1(c2ccccc2C)SC(c2cc(F)ccc2F)=NN1C(=O)OCC. The number of carbonyl (C=O) groups is 1. The zero-order chi connectivity index (χ0) is 22.6. The molecule has 4 nitrogen and oxygen atoms in total. The highest BCUT2D eigenvalue weighted by molar-refractivity contribution is 8.15. The highest BCUT2D eigenvalue weighted by Crippen LogP contribution is 2.55. The van der Waals surface area contributed by atoms with E-state index in [0.29, 0.717) is 0 Å². The third-order valence-corrected chi connectivity index (χ3v) is 7.10. The van der Waals surface area contributed by atoms with Gasteiger partial charge in [-0.05, 0) is 61.9 Å². The van der Waals surface area contributed by atoms with E-state index in [9.17, 15) is 13.6 Å². The Morgan fingerprint density at radius 3 is 2.58 bits per heavy atom. The first-order chi connectivity index (χ1) is 14.9. The van der Waals surface area contributed by atoms with Gasteiger partial charge in [0, 0.05) is 5.56 Å². The molecular formula is C24H28F2N2O2S. The first-order valence-electron chi connectivity index (χ1n) is 10.6. The molecule has 1 unspecified atom stereocenters. The number of halogens is 2. The Bertz CT molecular complexity index is 982. The zero-order valence-electron chi connectivity index (χ0n) is 18.3. The van der Waals surface area contributed by atoms with E-state index in [1.54, 1.807) is 6.92 Å². The number of benzene rings is 2. The van der Waals surface area contributed by atoms with Crippen LogP contribution in [0.1, 0.15) is 56.7 Å². The molecule has 2 aromatic carbocycles. The molecule has 166 valence electrons. The Kier molecular flexibility index (Phi) is 7.36. The molecular weight excluding hydrogens is 418 g/mol. The van der Waals surface area contributed by atoms with E-state index in [0.717, 1.165) is 48.6 Å². The number of carbonyl (C=O) groups excluding carboxylic acids is 1. The summed E-state index contributed by atoms with van der Waals surface area (Å²) in [6.07, 6.45) is 1.92. The van der Waals surface area contributed by atoms with Crippen LogP contribution in [0.2, 0.25) is 0 Å². The Morgan fingerprint density at radius 2 is 1.94 bits per heavy atom. The molecule has 0 aliphatic carbocycles. The lowest BCUT2D eigenvalue weighted by atomic mass is 9.84. The van der Waals surface area contributed by atoms with Crippen LogP contribution < -0.4 is 0 Å². The van der Waals surface area contributed by atoms with Crippen LogP contribution in [0.5, 0.6) is 0 Å². The molecule has 1 heterocycles. The minimum Gasteiger partial charge on any atom is -0.448 e. The van der Waals surface area contributed by atoms with E-state index >= 15 is 0 Å². The molecule has 2 atom stereocenters. The number of hydrazone groups is 1. The summed E-state index contributed by atoms with van der Waals surface area (Å²) in [5, 5.41) is 6.15. The first-order valence-corrected chi connectivity index (χ1v) is 11.5. The van der Waals surface area contributed by atoms with Crippen molar-refractivity contribution in [2.75, 3.05) is 6.61 Å². The van der Waals surface area contributed by atoms with Gasteiger partial charge >= 0.3 is 6.09 Å². The standard InChI is InChI=1S/C24H28F2N2O2S/c1-5-10-17(6-2)24(20-12-9-8-11-16(20)4)28(23(29)30-7-3)27-22(31-24)19-15-18(25)13-14-21(19)26/h8-9,11-15,17H,5-7,10H2,1-4H3/t17-,24?/m1/s1. The van der Waals surface area contributed by atoms with Gasteiger partial charge in [-0.3, -0.25) is 0 Å². The lowest BCUT2D eigenvalue weighted by Crippen LogP contribution is -2.47. The molecule has 0 bridgehead atoms. The van der Waals surface area contributed by atoms with Crippen LogP contribution in [0.4, 0.5) is 13.6 Å². The van der Waals surface area contributed by atoms with Crippen LogP contribution in [0.15, 0.2) is 47.6 Å². The van der Waals surface area contributed by atoms with Crippen molar-refractivity contribution in [3.05, 3.63) is 70.8 Å². The Hall–Kier alpha value is -2.41. The van der Waals surface area contributed by atoms with Crippen molar-refractivity contribution in [3.8, 4) is 0 Å². The van der Waals surface area contributed by atoms with Crippen molar-refractivity contribution in [3.63, 3.8) is 0 Å². The summed E-state index contributed by atoms with van der Waals surface area (Å²) in [6.45, 7) is 8.08. The summed E-state index contributed by atoms with van der Waals surface area (Å²) in [4.78, 5) is 12.2. The molecule has 3 rings (SSSR count). The van der Waals surface area contributed by atoms with Gasteiger partial charge in [-0.15, -0.1) is 0 Å². The largest absolute Gasteiger partial charge is 0.448 e. The van der Waals surface area contributed by atoms with E-state index in [1.165, 1.54) is 16.8 Å². The summed E-state index contributed by atoms with van der Waals surface area (Å²) in [5.41, 5.74) is 1.96. The van der Waals surface area contributed by atoms with Crippen molar-refractivity contribution in [2.24, 2.45) is 11.0 Å². The normalized spacial score (nSPS) is 19.3. The monoisotopic (exact) mass is 446 g/mol. The minimum absolute atomic E-state index is 0.0193. The predicted molar refractivity (Wildman–Crippen MR) is 121 cm³/mol. The molecule has 1 amide bonds. The van der Waals surface area contributed by atoms with Crippen LogP contribution in [0.25, 0.3) is 0 Å². The fraction of sp³-hybridized carbons (Fsp3) is 0.417. The van der Waals surface area contributed by atoms with Gasteiger partial charge in [0.1, 0.15) is 21.5 Å². The van der Waals surface area contributed by atoms with E-state index in [1.807, 2.05) is 31.2 Å². The molecule has 0 saturated heterocycles. The van der Waals surface area contributed by atoms with Crippen molar-refractivity contribution in [1.82, 2.24) is 5.01 Å². The number of ether oxygens (including phenoxy) is 1. The Labute approximate surface area is 186 Å². The van der Waals surface area contributed by atoms with Gasteiger partial charge in [0.25, 0.3) is 0 Å². The summed E-state index contributed by atoms with van der Waals surface area (Å²) in [6, 6.07) is 11.1. The minimum atomic E-state index is -0.920. The third kappa shape index (κ3) is 4.33. The molecule has 1 aliphatic heterocycles. The molecule has 0 aromatic heterocycles. The van der Waals surface area contributed by atoms with Gasteiger partial charge in [-0.2, -0.15) is 10.1 Å². The number of nitrogens with zero attached hydrogens (tertiary/aromatic N) is 2. The highest BCUT2D eigenvalue weighted by atomic mass is 32.2. The fourth-order valence-corrected chi connectivity index (χ4v) is 5.83. The highest BCUT2D eigenvalue weighted by Gasteiger charge is 2.54. The van der Waals surface area contributed by atoms with Crippen LogP contribution in [-0.2, 0) is 9.61 Å². The Morgan fingerprint density at radius 1 is 1.19 bits per heavy atom. The smallest absolute Gasteiger partial charge is 0.432 e. The molecule has 0 radical (unpaired) electrons. The second-order valence-corrected chi connectivity index (χ2v) is 8.76. The summed E-state index contributed by atoms with van der Waals surface area (Å²) in [7, 11) is 0.